The Kier molecular flexibility index (Phi) is 2.97. The molecule has 0 aliphatic heterocycles. The summed E-state index contributed by atoms with van der Waals surface area (Å²) >= 11 is 0. The number of aromatic nitrogens is 1. The normalized spacial score (nSPS) is 12.9. The Hall–Kier alpha value is -1.20. The zero-order valence-corrected chi connectivity index (χ0v) is 7.85. The molecule has 0 amide bonds. The fourth-order valence-electron chi connectivity index (χ4n) is 1.07. The number of hydrogen-bond acceptors (Lipinski definition) is 0. The monoisotopic (exact) mass is 226 g/mol. The van der Waals surface area contributed by atoms with Gasteiger partial charge in [-0.2, -0.15) is 26.5 Å². The molecule has 0 aliphatic rings. The van der Waals surface area contributed by atoms with Gasteiger partial charge in [-0.15, -0.1) is 0 Å². The largest absolute Gasteiger partial charge is 0.460 e. The molecule has 1 rings (SSSR count). The van der Waals surface area contributed by atoms with Gasteiger partial charge in [-0.05, 0) is 13.0 Å². The van der Waals surface area contributed by atoms with Crippen molar-refractivity contribution in [2.24, 2.45) is 0 Å². The highest BCUT2D eigenvalue weighted by molar-refractivity contribution is 5.01. The van der Waals surface area contributed by atoms with Crippen LogP contribution in [-0.2, 0) is 6.54 Å². The molecule has 0 radical (unpaired) electrons. The van der Waals surface area contributed by atoms with Gasteiger partial charge in [0.05, 0.1) is 0 Å². The van der Waals surface area contributed by atoms with E-state index < -0.39 is 18.6 Å². The van der Waals surface area contributed by atoms with Crippen molar-refractivity contribution in [1.29, 1.82) is 0 Å². The van der Waals surface area contributed by atoms with E-state index in [0.29, 0.717) is 5.56 Å². The van der Waals surface area contributed by atoms with Crippen molar-refractivity contribution in [2.75, 3.05) is 0 Å². The third-order valence-corrected chi connectivity index (χ3v) is 1.80. The maximum Gasteiger partial charge on any atom is 0.460 e. The summed E-state index contributed by atoms with van der Waals surface area (Å²) in [4.78, 5) is 0. The summed E-state index contributed by atoms with van der Waals surface area (Å²) in [6.45, 7) is 0.223. The van der Waals surface area contributed by atoms with Crippen LogP contribution in [0.25, 0.3) is 0 Å². The van der Waals surface area contributed by atoms with Gasteiger partial charge in [0.1, 0.15) is 0 Å². The van der Waals surface area contributed by atoms with E-state index in [1.807, 2.05) is 0 Å². The van der Waals surface area contributed by atoms with E-state index in [2.05, 4.69) is 0 Å². The number of aryl methyl sites for hydroxylation is 1. The first-order valence-electron chi connectivity index (χ1n) is 4.13. The predicted molar refractivity (Wildman–Crippen MR) is 42.4 cm³/mol. The molecule has 0 saturated carbocycles. The molecule has 1 aromatic rings. The lowest BCUT2D eigenvalue weighted by Gasteiger charge is -2.16. The van der Waals surface area contributed by atoms with Gasteiger partial charge in [-0.3, -0.25) is 0 Å². The lowest BCUT2D eigenvalue weighted by Crippen LogP contribution is -2.50. The van der Waals surface area contributed by atoms with E-state index in [1.165, 1.54) is 18.5 Å². The average molecular weight is 226 g/mol. The van der Waals surface area contributed by atoms with Crippen LogP contribution in [0.15, 0.2) is 24.5 Å². The molecule has 0 N–H and O–H groups in total. The summed E-state index contributed by atoms with van der Waals surface area (Å²) in [6, 6.07) is 3.03. The van der Waals surface area contributed by atoms with Crippen molar-refractivity contribution in [2.45, 2.75) is 25.6 Å². The number of nitrogens with zero attached hydrogens (tertiary/aromatic N) is 1. The van der Waals surface area contributed by atoms with E-state index >= 15 is 0 Å². The van der Waals surface area contributed by atoms with Crippen molar-refractivity contribution in [3.63, 3.8) is 0 Å². The molecule has 1 nitrogen and oxygen atoms in total. The van der Waals surface area contributed by atoms with Crippen LogP contribution in [0.4, 0.5) is 22.0 Å². The number of pyridine rings is 1. The van der Waals surface area contributed by atoms with E-state index in [4.69, 9.17) is 0 Å². The van der Waals surface area contributed by atoms with Crippen LogP contribution in [-0.4, -0.2) is 12.1 Å². The van der Waals surface area contributed by atoms with Crippen molar-refractivity contribution in [3.05, 3.63) is 30.1 Å². The quantitative estimate of drug-likeness (QED) is 0.538. The molecule has 1 aromatic heterocycles. The highest BCUT2D eigenvalue weighted by Gasteiger charge is 2.60. The molecule has 0 fully saturated rings. The molecule has 0 atom stereocenters. The van der Waals surface area contributed by atoms with Gasteiger partial charge >= 0.3 is 12.1 Å². The van der Waals surface area contributed by atoms with Gasteiger partial charge in [-0.1, -0.05) is 0 Å². The smallest absolute Gasteiger partial charge is 0.198 e. The first kappa shape index (κ1) is 11.9. The highest BCUT2D eigenvalue weighted by Crippen LogP contribution is 2.35. The van der Waals surface area contributed by atoms with Gasteiger partial charge in [0.2, 0.25) is 6.54 Å². The summed E-state index contributed by atoms with van der Waals surface area (Å²) in [5.41, 5.74) is 0.621. The Labute approximate surface area is 83.1 Å². The summed E-state index contributed by atoms with van der Waals surface area (Å²) < 4.78 is 61.6. The summed E-state index contributed by atoms with van der Waals surface area (Å²) in [6.07, 6.45) is -3.10. The second kappa shape index (κ2) is 3.75. The van der Waals surface area contributed by atoms with Crippen LogP contribution in [0.2, 0.25) is 0 Å². The molecule has 0 bridgehead atoms. The van der Waals surface area contributed by atoms with Crippen molar-refractivity contribution < 1.29 is 26.5 Å². The van der Waals surface area contributed by atoms with Crippen molar-refractivity contribution >= 4 is 0 Å². The van der Waals surface area contributed by atoms with Gasteiger partial charge < -0.3 is 0 Å². The van der Waals surface area contributed by atoms with E-state index in [-0.39, 0.29) is 0 Å². The van der Waals surface area contributed by atoms with Crippen LogP contribution in [0.3, 0.4) is 0 Å². The zero-order chi connectivity index (χ0) is 11.7. The van der Waals surface area contributed by atoms with Gasteiger partial charge in [0.25, 0.3) is 0 Å². The molecule has 0 spiro atoms. The van der Waals surface area contributed by atoms with Crippen molar-refractivity contribution in [3.8, 4) is 0 Å². The summed E-state index contributed by atoms with van der Waals surface area (Å²) in [7, 11) is 0. The molecular weight excluding hydrogens is 217 g/mol. The van der Waals surface area contributed by atoms with E-state index in [9.17, 15) is 22.0 Å². The van der Waals surface area contributed by atoms with E-state index in [1.54, 1.807) is 13.0 Å². The van der Waals surface area contributed by atoms with Gasteiger partial charge in [-0.25, -0.2) is 0 Å². The fraction of sp³-hybridized carbons (Fsp3) is 0.444. The Morgan fingerprint density at radius 2 is 1.80 bits per heavy atom. The van der Waals surface area contributed by atoms with Crippen LogP contribution >= 0.6 is 0 Å². The Morgan fingerprint density at radius 1 is 1.20 bits per heavy atom. The van der Waals surface area contributed by atoms with Gasteiger partial charge in [0.15, 0.2) is 12.4 Å². The molecule has 6 heteroatoms. The topological polar surface area (TPSA) is 3.88 Å². The molecule has 0 unspecified atom stereocenters. The zero-order valence-electron chi connectivity index (χ0n) is 7.85. The number of alkyl halides is 5. The molecular formula is C9H9F5N+. The van der Waals surface area contributed by atoms with Gasteiger partial charge in [0, 0.05) is 11.6 Å². The first-order chi connectivity index (χ1) is 6.72. The Morgan fingerprint density at radius 3 is 2.27 bits per heavy atom. The predicted octanol–water partition coefficient (Wildman–Crippen LogP) is 2.48. The molecule has 0 aromatic carbocycles. The molecule has 84 valence electrons. The van der Waals surface area contributed by atoms with Crippen LogP contribution in [0.5, 0.6) is 0 Å². The number of halogens is 5. The first-order valence-corrected chi connectivity index (χ1v) is 4.13. The second-order valence-electron chi connectivity index (χ2n) is 3.26. The van der Waals surface area contributed by atoms with E-state index in [0.717, 1.165) is 4.57 Å². The number of rotatable bonds is 2. The van der Waals surface area contributed by atoms with Crippen LogP contribution < -0.4 is 4.57 Å². The SMILES string of the molecule is Cc1ccc[n+](CC(F)(F)C(F)(F)F)c1. The molecule has 15 heavy (non-hydrogen) atoms. The number of hydrogen-bond donors (Lipinski definition) is 0. The molecule has 1 heterocycles. The summed E-state index contributed by atoms with van der Waals surface area (Å²) in [5.74, 6) is -4.70. The minimum atomic E-state index is -5.51. The minimum Gasteiger partial charge on any atom is -0.198 e. The Bertz CT molecular complexity index is 345. The molecule has 0 aliphatic carbocycles. The Balaban J connectivity index is 2.87. The lowest BCUT2D eigenvalue weighted by atomic mass is 10.3. The van der Waals surface area contributed by atoms with Crippen LogP contribution in [0, 0.1) is 6.92 Å². The third-order valence-electron chi connectivity index (χ3n) is 1.80. The van der Waals surface area contributed by atoms with Crippen molar-refractivity contribution in [1.82, 2.24) is 0 Å². The third kappa shape index (κ3) is 2.87. The second-order valence-corrected chi connectivity index (χ2v) is 3.26. The maximum absolute atomic E-state index is 12.6. The standard InChI is InChI=1S/C9H9F5N/c1-7-3-2-4-15(5-7)6-8(10,11)9(12,13)14/h2-5H,6H2,1H3/q+1. The van der Waals surface area contributed by atoms with Crippen LogP contribution in [0.1, 0.15) is 5.56 Å². The molecule has 0 saturated heterocycles. The average Bonchev–Trinajstić information content (AvgIpc) is 2.00. The highest BCUT2D eigenvalue weighted by atomic mass is 19.4. The minimum absolute atomic E-state index is 0.621. The maximum atomic E-state index is 12.6. The summed E-state index contributed by atoms with van der Waals surface area (Å²) in [5, 5.41) is 0. The fourth-order valence-corrected chi connectivity index (χ4v) is 1.07. The lowest BCUT2D eigenvalue weighted by molar-refractivity contribution is -0.719.